The van der Waals surface area contributed by atoms with Gasteiger partial charge in [-0.3, -0.25) is 9.59 Å². The molecule has 0 aromatic carbocycles. The lowest BCUT2D eigenvalue weighted by Crippen LogP contribution is -2.31. The Balaban J connectivity index is 1.40. The number of amides is 2. The minimum absolute atomic E-state index is 0.0109. The fourth-order valence-electron chi connectivity index (χ4n) is 3.57. The first-order valence-electron chi connectivity index (χ1n) is 9.35. The molecule has 0 unspecified atom stereocenters. The van der Waals surface area contributed by atoms with Crippen molar-refractivity contribution in [2.45, 2.75) is 56.1 Å². The van der Waals surface area contributed by atoms with E-state index in [1.165, 1.54) is 37.4 Å². The predicted molar refractivity (Wildman–Crippen MR) is 105 cm³/mol. The van der Waals surface area contributed by atoms with E-state index < -0.39 is 0 Å². The fourth-order valence-corrected chi connectivity index (χ4v) is 5.00. The van der Waals surface area contributed by atoms with Gasteiger partial charge in [0, 0.05) is 44.3 Å². The standard InChI is InChI=1S/C17H27N5O2S2/c1-25-16-20-19-14(22(16)13-5-2-3-6-13)7-4-9-18-15(23)8-10-21-11-12-26-17(21)24/h13H,2-12H2,1H3,(H,18,23). The van der Waals surface area contributed by atoms with Gasteiger partial charge in [-0.15, -0.1) is 10.2 Å². The Morgan fingerprint density at radius 2 is 2.15 bits per heavy atom. The number of thioether (sulfide) groups is 2. The fraction of sp³-hybridized carbons (Fsp3) is 0.765. The second-order valence-electron chi connectivity index (χ2n) is 6.72. The molecule has 0 bridgehead atoms. The van der Waals surface area contributed by atoms with Crippen molar-refractivity contribution in [1.82, 2.24) is 25.0 Å². The molecule has 0 spiro atoms. The van der Waals surface area contributed by atoms with Crippen LogP contribution in [-0.4, -0.2) is 62.5 Å². The van der Waals surface area contributed by atoms with E-state index in [9.17, 15) is 9.59 Å². The van der Waals surface area contributed by atoms with Crippen molar-refractivity contribution >= 4 is 34.7 Å². The van der Waals surface area contributed by atoms with Crippen LogP contribution >= 0.6 is 23.5 Å². The molecule has 2 heterocycles. The smallest absolute Gasteiger partial charge is 0.281 e. The monoisotopic (exact) mass is 397 g/mol. The Kier molecular flexibility index (Phi) is 7.24. The van der Waals surface area contributed by atoms with Gasteiger partial charge in [0.25, 0.3) is 5.24 Å². The number of aromatic nitrogens is 3. The van der Waals surface area contributed by atoms with Gasteiger partial charge in [-0.05, 0) is 25.5 Å². The molecule has 26 heavy (non-hydrogen) atoms. The summed E-state index contributed by atoms with van der Waals surface area (Å²) in [4.78, 5) is 25.2. The zero-order valence-corrected chi connectivity index (χ0v) is 16.9. The molecule has 1 N–H and O–H groups in total. The quantitative estimate of drug-likeness (QED) is 0.510. The maximum absolute atomic E-state index is 12.0. The molecule has 3 rings (SSSR count). The van der Waals surface area contributed by atoms with Crippen molar-refractivity contribution in [2.75, 3.05) is 31.6 Å². The van der Waals surface area contributed by atoms with Gasteiger partial charge in [-0.25, -0.2) is 0 Å². The van der Waals surface area contributed by atoms with E-state index in [0.29, 0.717) is 25.6 Å². The normalized spacial score (nSPS) is 18.0. The van der Waals surface area contributed by atoms with Gasteiger partial charge >= 0.3 is 0 Å². The molecule has 2 fully saturated rings. The third kappa shape index (κ3) is 4.94. The highest BCUT2D eigenvalue weighted by Crippen LogP contribution is 2.33. The maximum Gasteiger partial charge on any atom is 0.281 e. The van der Waals surface area contributed by atoms with Gasteiger partial charge in [-0.1, -0.05) is 36.4 Å². The highest BCUT2D eigenvalue weighted by Gasteiger charge is 2.23. The van der Waals surface area contributed by atoms with Crippen LogP contribution < -0.4 is 5.32 Å². The van der Waals surface area contributed by atoms with Crippen LogP contribution in [0.1, 0.15) is 50.4 Å². The zero-order valence-electron chi connectivity index (χ0n) is 15.3. The van der Waals surface area contributed by atoms with E-state index in [4.69, 9.17) is 0 Å². The number of hydrogen-bond donors (Lipinski definition) is 1. The Morgan fingerprint density at radius 3 is 2.85 bits per heavy atom. The molecule has 1 aromatic rings. The second-order valence-corrected chi connectivity index (χ2v) is 8.54. The SMILES string of the molecule is CSc1nnc(CCCNC(=O)CCN2CCSC2=O)n1C1CCCC1. The number of nitrogens with zero attached hydrogens (tertiary/aromatic N) is 4. The summed E-state index contributed by atoms with van der Waals surface area (Å²) in [6, 6.07) is 0.535. The van der Waals surface area contributed by atoms with Gasteiger partial charge in [0.05, 0.1) is 0 Å². The van der Waals surface area contributed by atoms with Crippen molar-refractivity contribution < 1.29 is 9.59 Å². The molecule has 1 aliphatic heterocycles. The Hall–Kier alpha value is -1.22. The van der Waals surface area contributed by atoms with Crippen molar-refractivity contribution in [2.24, 2.45) is 0 Å². The van der Waals surface area contributed by atoms with Crippen molar-refractivity contribution in [3.63, 3.8) is 0 Å². The number of carbonyl (C=O) groups excluding carboxylic acids is 2. The van der Waals surface area contributed by atoms with E-state index >= 15 is 0 Å². The molecule has 9 heteroatoms. The first kappa shape index (κ1) is 19.5. The topological polar surface area (TPSA) is 80.1 Å². The number of aryl methyl sites for hydroxylation is 1. The van der Waals surface area contributed by atoms with E-state index in [2.05, 4.69) is 20.1 Å². The molecular weight excluding hydrogens is 370 g/mol. The summed E-state index contributed by atoms with van der Waals surface area (Å²) in [6.07, 6.45) is 9.08. The summed E-state index contributed by atoms with van der Waals surface area (Å²) in [7, 11) is 0. The van der Waals surface area contributed by atoms with E-state index in [1.54, 1.807) is 16.7 Å². The third-order valence-corrected chi connectivity index (χ3v) is 6.50. The number of carbonyl (C=O) groups is 2. The number of nitrogens with one attached hydrogen (secondary N) is 1. The van der Waals surface area contributed by atoms with E-state index in [-0.39, 0.29) is 11.1 Å². The van der Waals surface area contributed by atoms with Crippen molar-refractivity contribution in [1.29, 1.82) is 0 Å². The minimum atomic E-state index is 0.0109. The highest BCUT2D eigenvalue weighted by atomic mass is 32.2. The lowest BCUT2D eigenvalue weighted by atomic mass is 10.2. The van der Waals surface area contributed by atoms with Gasteiger partial charge in [0.1, 0.15) is 5.82 Å². The first-order chi connectivity index (χ1) is 12.7. The second kappa shape index (κ2) is 9.64. The molecule has 2 amide bonds. The average Bonchev–Trinajstić information content (AvgIpc) is 3.37. The summed E-state index contributed by atoms with van der Waals surface area (Å²) >= 11 is 2.98. The van der Waals surface area contributed by atoms with Crippen LogP contribution in [0.5, 0.6) is 0 Å². The molecule has 0 atom stereocenters. The maximum atomic E-state index is 12.0. The molecule has 1 saturated carbocycles. The van der Waals surface area contributed by atoms with Crippen LogP contribution in [0.3, 0.4) is 0 Å². The molecule has 1 aliphatic carbocycles. The summed E-state index contributed by atoms with van der Waals surface area (Å²) in [5.41, 5.74) is 0. The highest BCUT2D eigenvalue weighted by molar-refractivity contribution is 8.13. The average molecular weight is 398 g/mol. The van der Waals surface area contributed by atoms with Crippen molar-refractivity contribution in [3.05, 3.63) is 5.82 Å². The molecule has 1 saturated heterocycles. The predicted octanol–water partition coefficient (Wildman–Crippen LogP) is 2.72. The van der Waals surface area contributed by atoms with Crippen LogP contribution in [0.4, 0.5) is 4.79 Å². The van der Waals surface area contributed by atoms with Crippen LogP contribution in [-0.2, 0) is 11.2 Å². The van der Waals surface area contributed by atoms with Crippen LogP contribution in [0.25, 0.3) is 0 Å². The molecule has 1 aromatic heterocycles. The molecule has 0 radical (unpaired) electrons. The molecular formula is C17H27N5O2S2. The van der Waals surface area contributed by atoms with Gasteiger partial charge in [0.15, 0.2) is 5.16 Å². The van der Waals surface area contributed by atoms with Crippen LogP contribution in [0, 0.1) is 0 Å². The lowest BCUT2D eigenvalue weighted by molar-refractivity contribution is -0.121. The van der Waals surface area contributed by atoms with E-state index in [0.717, 1.165) is 36.1 Å². The van der Waals surface area contributed by atoms with Gasteiger partial charge in [-0.2, -0.15) is 0 Å². The van der Waals surface area contributed by atoms with E-state index in [1.807, 2.05) is 6.26 Å². The largest absolute Gasteiger partial charge is 0.356 e. The lowest BCUT2D eigenvalue weighted by Gasteiger charge is -2.16. The number of hydrogen-bond acceptors (Lipinski definition) is 6. The van der Waals surface area contributed by atoms with Crippen molar-refractivity contribution in [3.8, 4) is 0 Å². The Bertz CT molecular complexity index is 631. The Morgan fingerprint density at radius 1 is 1.35 bits per heavy atom. The summed E-state index contributed by atoms with van der Waals surface area (Å²) in [5, 5.41) is 12.8. The molecule has 144 valence electrons. The Labute approximate surface area is 163 Å². The summed E-state index contributed by atoms with van der Waals surface area (Å²) in [6.45, 7) is 1.91. The molecule has 2 aliphatic rings. The zero-order chi connectivity index (χ0) is 18.4. The van der Waals surface area contributed by atoms with Gasteiger partial charge in [0.2, 0.25) is 5.91 Å². The summed E-state index contributed by atoms with van der Waals surface area (Å²) < 4.78 is 2.32. The number of rotatable bonds is 9. The molecule has 7 nitrogen and oxygen atoms in total. The van der Waals surface area contributed by atoms with Gasteiger partial charge < -0.3 is 14.8 Å². The van der Waals surface area contributed by atoms with Crippen LogP contribution in [0.2, 0.25) is 0 Å². The first-order valence-corrected chi connectivity index (χ1v) is 11.6. The minimum Gasteiger partial charge on any atom is -0.356 e. The van der Waals surface area contributed by atoms with Crippen LogP contribution in [0.15, 0.2) is 5.16 Å². The third-order valence-electron chi connectivity index (χ3n) is 4.96. The summed E-state index contributed by atoms with van der Waals surface area (Å²) in [5.74, 6) is 1.88.